The van der Waals surface area contributed by atoms with Gasteiger partial charge >= 0.3 is 0 Å². The number of amides is 2. The van der Waals surface area contributed by atoms with Gasteiger partial charge in [0.25, 0.3) is 5.91 Å². The number of likely N-dealkylation sites (tertiary alicyclic amines) is 1. The predicted molar refractivity (Wildman–Crippen MR) is 96.0 cm³/mol. The molecule has 2 saturated heterocycles. The summed E-state index contributed by atoms with van der Waals surface area (Å²) in [5.74, 6) is -0.152. The van der Waals surface area contributed by atoms with Crippen molar-refractivity contribution in [2.75, 3.05) is 32.8 Å². The van der Waals surface area contributed by atoms with E-state index in [0.29, 0.717) is 45.0 Å². The van der Waals surface area contributed by atoms with Crippen LogP contribution in [0.4, 0.5) is 0 Å². The third-order valence-electron chi connectivity index (χ3n) is 5.54. The Kier molecular flexibility index (Phi) is 4.19. The van der Waals surface area contributed by atoms with Gasteiger partial charge in [-0.1, -0.05) is 6.07 Å². The number of hydrogen-bond donors (Lipinski definition) is 0. The van der Waals surface area contributed by atoms with Crippen molar-refractivity contribution in [2.45, 2.75) is 32.2 Å². The van der Waals surface area contributed by atoms with Crippen LogP contribution >= 0.6 is 0 Å². The van der Waals surface area contributed by atoms with E-state index in [1.54, 1.807) is 11.1 Å². The van der Waals surface area contributed by atoms with Gasteiger partial charge < -0.3 is 18.9 Å². The SMILES string of the molecule is Cc1cccn2cc(C(=O)N3CCCC3(C)C(=O)N3CCOCC3)nc12. The molecule has 26 heavy (non-hydrogen) atoms. The molecule has 4 rings (SSSR count). The van der Waals surface area contributed by atoms with Gasteiger partial charge in [0.2, 0.25) is 5.91 Å². The fraction of sp³-hybridized carbons (Fsp3) is 0.526. The smallest absolute Gasteiger partial charge is 0.274 e. The highest BCUT2D eigenvalue weighted by Crippen LogP contribution is 2.32. The van der Waals surface area contributed by atoms with Gasteiger partial charge in [-0.25, -0.2) is 4.98 Å². The van der Waals surface area contributed by atoms with Crippen LogP contribution in [-0.2, 0) is 9.53 Å². The molecule has 2 amide bonds. The van der Waals surface area contributed by atoms with Crippen LogP contribution in [0, 0.1) is 6.92 Å². The van der Waals surface area contributed by atoms with Crippen LogP contribution in [0.15, 0.2) is 24.5 Å². The lowest BCUT2D eigenvalue weighted by atomic mass is 9.96. The molecule has 2 fully saturated rings. The highest BCUT2D eigenvalue weighted by Gasteiger charge is 2.48. The molecule has 0 aliphatic carbocycles. The van der Waals surface area contributed by atoms with E-state index < -0.39 is 5.54 Å². The molecule has 0 saturated carbocycles. The molecule has 2 aromatic rings. The topological polar surface area (TPSA) is 67.2 Å². The van der Waals surface area contributed by atoms with Gasteiger partial charge in [-0.05, 0) is 38.3 Å². The van der Waals surface area contributed by atoms with E-state index in [0.717, 1.165) is 17.6 Å². The zero-order valence-corrected chi connectivity index (χ0v) is 15.3. The van der Waals surface area contributed by atoms with Gasteiger partial charge in [-0.3, -0.25) is 9.59 Å². The Morgan fingerprint density at radius 3 is 2.73 bits per heavy atom. The Hall–Kier alpha value is -2.41. The molecule has 0 N–H and O–H groups in total. The summed E-state index contributed by atoms with van der Waals surface area (Å²) in [5.41, 5.74) is 1.37. The fourth-order valence-corrected chi connectivity index (χ4v) is 4.01. The predicted octanol–water partition coefficient (Wildman–Crippen LogP) is 1.50. The average Bonchev–Trinajstić information content (AvgIpc) is 3.27. The van der Waals surface area contributed by atoms with E-state index in [2.05, 4.69) is 4.98 Å². The standard InChI is InChI=1S/C19H24N4O3/c1-14-5-3-7-22-13-15(20-16(14)22)17(24)23-8-4-6-19(23,2)18(25)21-9-11-26-12-10-21/h3,5,7,13H,4,6,8-12H2,1-2H3. The summed E-state index contributed by atoms with van der Waals surface area (Å²) in [6, 6.07) is 3.90. The minimum absolute atomic E-state index is 0.0200. The first-order chi connectivity index (χ1) is 12.5. The monoisotopic (exact) mass is 356 g/mol. The first kappa shape index (κ1) is 17.0. The molecule has 2 aliphatic heterocycles. The maximum atomic E-state index is 13.2. The third kappa shape index (κ3) is 2.67. The molecule has 4 heterocycles. The Balaban J connectivity index is 1.63. The second-order valence-corrected chi connectivity index (χ2v) is 7.29. The Morgan fingerprint density at radius 1 is 1.23 bits per heavy atom. The van der Waals surface area contributed by atoms with Crippen LogP contribution in [0.2, 0.25) is 0 Å². The molecule has 0 radical (unpaired) electrons. The van der Waals surface area contributed by atoms with E-state index in [1.165, 1.54) is 0 Å². The van der Waals surface area contributed by atoms with E-state index in [4.69, 9.17) is 4.74 Å². The van der Waals surface area contributed by atoms with Gasteiger partial charge in [0.1, 0.15) is 16.9 Å². The maximum absolute atomic E-state index is 13.2. The Morgan fingerprint density at radius 2 is 2.00 bits per heavy atom. The van der Waals surface area contributed by atoms with Crippen molar-refractivity contribution in [1.29, 1.82) is 0 Å². The number of imidazole rings is 1. The van der Waals surface area contributed by atoms with Gasteiger partial charge in [-0.15, -0.1) is 0 Å². The molecule has 2 aliphatic rings. The van der Waals surface area contributed by atoms with E-state index in [9.17, 15) is 9.59 Å². The highest BCUT2D eigenvalue weighted by atomic mass is 16.5. The number of carbonyl (C=O) groups is 2. The largest absolute Gasteiger partial charge is 0.378 e. The number of nitrogens with zero attached hydrogens (tertiary/aromatic N) is 4. The Bertz CT molecular complexity index is 856. The van der Waals surface area contributed by atoms with Crippen LogP contribution in [0.3, 0.4) is 0 Å². The zero-order chi connectivity index (χ0) is 18.3. The number of pyridine rings is 1. The number of hydrogen-bond acceptors (Lipinski definition) is 4. The summed E-state index contributed by atoms with van der Waals surface area (Å²) in [4.78, 5) is 34.4. The third-order valence-corrected chi connectivity index (χ3v) is 5.54. The highest BCUT2D eigenvalue weighted by molar-refractivity contribution is 5.98. The van der Waals surface area contributed by atoms with Crippen LogP contribution in [0.25, 0.3) is 5.65 Å². The molecule has 7 heteroatoms. The summed E-state index contributed by atoms with van der Waals surface area (Å²) in [7, 11) is 0. The quantitative estimate of drug-likeness (QED) is 0.818. The van der Waals surface area contributed by atoms with Crippen molar-refractivity contribution in [3.05, 3.63) is 35.8 Å². The minimum atomic E-state index is -0.806. The molecule has 1 atom stereocenters. The first-order valence-corrected chi connectivity index (χ1v) is 9.14. The summed E-state index contributed by atoms with van der Waals surface area (Å²) in [6.45, 7) is 6.73. The second-order valence-electron chi connectivity index (χ2n) is 7.29. The van der Waals surface area contributed by atoms with Crippen LogP contribution < -0.4 is 0 Å². The van der Waals surface area contributed by atoms with Crippen molar-refractivity contribution < 1.29 is 14.3 Å². The number of ether oxygens (including phenoxy) is 1. The normalized spacial score (nSPS) is 23.6. The number of aryl methyl sites for hydroxylation is 1. The lowest BCUT2D eigenvalue weighted by Crippen LogP contribution is -2.58. The second kappa shape index (κ2) is 6.39. The molecular weight excluding hydrogens is 332 g/mol. The van der Waals surface area contributed by atoms with Crippen LogP contribution in [-0.4, -0.2) is 69.4 Å². The van der Waals surface area contributed by atoms with E-state index >= 15 is 0 Å². The summed E-state index contributed by atoms with van der Waals surface area (Å²) >= 11 is 0. The lowest BCUT2D eigenvalue weighted by molar-refractivity contribution is -0.144. The average molecular weight is 356 g/mol. The van der Waals surface area contributed by atoms with Crippen LogP contribution in [0.1, 0.15) is 35.8 Å². The Labute approximate surface area is 152 Å². The summed E-state index contributed by atoms with van der Waals surface area (Å²) < 4.78 is 7.21. The number of rotatable bonds is 2. The minimum Gasteiger partial charge on any atom is -0.378 e. The van der Waals surface area contributed by atoms with Crippen LogP contribution in [0.5, 0.6) is 0 Å². The van der Waals surface area contributed by atoms with Crippen molar-refractivity contribution in [1.82, 2.24) is 19.2 Å². The van der Waals surface area contributed by atoms with E-state index in [1.807, 2.05) is 41.5 Å². The van der Waals surface area contributed by atoms with Crippen molar-refractivity contribution in [3.63, 3.8) is 0 Å². The number of morpholine rings is 1. The van der Waals surface area contributed by atoms with Crippen molar-refractivity contribution in [3.8, 4) is 0 Å². The number of fused-ring (bicyclic) bond motifs is 1. The number of carbonyl (C=O) groups excluding carboxylic acids is 2. The molecule has 7 nitrogen and oxygen atoms in total. The molecular formula is C19H24N4O3. The lowest BCUT2D eigenvalue weighted by Gasteiger charge is -2.39. The van der Waals surface area contributed by atoms with Gasteiger partial charge in [0.15, 0.2) is 0 Å². The molecule has 2 aromatic heterocycles. The van der Waals surface area contributed by atoms with Crippen molar-refractivity contribution >= 4 is 17.5 Å². The van der Waals surface area contributed by atoms with Gasteiger partial charge in [0, 0.05) is 32.0 Å². The fourth-order valence-electron chi connectivity index (χ4n) is 4.01. The molecule has 1 unspecified atom stereocenters. The van der Waals surface area contributed by atoms with Gasteiger partial charge in [-0.2, -0.15) is 0 Å². The summed E-state index contributed by atoms with van der Waals surface area (Å²) in [5, 5.41) is 0. The molecule has 0 aromatic carbocycles. The molecule has 0 bridgehead atoms. The van der Waals surface area contributed by atoms with Gasteiger partial charge in [0.05, 0.1) is 13.2 Å². The summed E-state index contributed by atoms with van der Waals surface area (Å²) in [6.07, 6.45) is 5.14. The van der Waals surface area contributed by atoms with Crippen molar-refractivity contribution in [2.24, 2.45) is 0 Å². The first-order valence-electron chi connectivity index (χ1n) is 9.14. The number of aromatic nitrogens is 2. The van der Waals surface area contributed by atoms with E-state index in [-0.39, 0.29) is 11.8 Å². The maximum Gasteiger partial charge on any atom is 0.274 e. The molecule has 0 spiro atoms. The zero-order valence-electron chi connectivity index (χ0n) is 15.3. The molecule has 138 valence electrons.